The SMILES string of the molecule is CCNC(=NCC1(c2cccc(Cl)c2)CC1)NCCS(=O)(=O)N1CCOCC1. The highest BCUT2D eigenvalue weighted by Gasteiger charge is 2.44. The quantitative estimate of drug-likeness (QED) is 0.485. The van der Waals surface area contributed by atoms with Gasteiger partial charge in [0.15, 0.2) is 5.96 Å². The van der Waals surface area contributed by atoms with Crippen molar-refractivity contribution in [1.82, 2.24) is 14.9 Å². The van der Waals surface area contributed by atoms with E-state index in [4.69, 9.17) is 21.3 Å². The summed E-state index contributed by atoms with van der Waals surface area (Å²) in [5.41, 5.74) is 1.27. The first kappa shape index (κ1) is 21.4. The van der Waals surface area contributed by atoms with Crippen LogP contribution in [0.25, 0.3) is 0 Å². The highest BCUT2D eigenvalue weighted by Crippen LogP contribution is 2.48. The first-order valence-corrected chi connectivity index (χ1v) is 11.8. The Morgan fingerprint density at radius 3 is 2.68 bits per heavy atom. The van der Waals surface area contributed by atoms with E-state index in [1.807, 2.05) is 25.1 Å². The van der Waals surface area contributed by atoms with Gasteiger partial charge in [-0.3, -0.25) is 4.99 Å². The molecule has 1 aliphatic heterocycles. The van der Waals surface area contributed by atoms with E-state index in [1.165, 1.54) is 9.87 Å². The molecule has 9 heteroatoms. The third kappa shape index (κ3) is 5.59. The van der Waals surface area contributed by atoms with E-state index < -0.39 is 10.0 Å². The second-order valence-electron chi connectivity index (χ2n) is 7.24. The number of rotatable bonds is 8. The van der Waals surface area contributed by atoms with Crippen LogP contribution in [0.2, 0.25) is 5.02 Å². The Balaban J connectivity index is 1.56. The van der Waals surface area contributed by atoms with Gasteiger partial charge in [0.25, 0.3) is 0 Å². The number of nitrogens with one attached hydrogen (secondary N) is 2. The summed E-state index contributed by atoms with van der Waals surface area (Å²) in [7, 11) is -3.28. The van der Waals surface area contributed by atoms with Crippen molar-refractivity contribution in [3.05, 3.63) is 34.9 Å². The molecule has 0 bridgehead atoms. The second-order valence-corrected chi connectivity index (χ2v) is 9.76. The molecule has 2 aliphatic rings. The van der Waals surface area contributed by atoms with Gasteiger partial charge in [-0.25, -0.2) is 8.42 Å². The molecule has 1 saturated carbocycles. The van der Waals surface area contributed by atoms with Gasteiger partial charge in [0.2, 0.25) is 10.0 Å². The molecule has 0 unspecified atom stereocenters. The van der Waals surface area contributed by atoms with Crippen LogP contribution >= 0.6 is 11.6 Å². The minimum Gasteiger partial charge on any atom is -0.379 e. The molecule has 0 atom stereocenters. The first-order chi connectivity index (χ1) is 13.5. The molecule has 3 rings (SSSR count). The molecule has 1 aromatic carbocycles. The maximum absolute atomic E-state index is 12.4. The molecule has 0 radical (unpaired) electrons. The van der Waals surface area contributed by atoms with Crippen LogP contribution in [-0.2, 0) is 20.2 Å². The molecule has 156 valence electrons. The van der Waals surface area contributed by atoms with Gasteiger partial charge in [-0.2, -0.15) is 4.31 Å². The van der Waals surface area contributed by atoms with Gasteiger partial charge in [-0.15, -0.1) is 0 Å². The van der Waals surface area contributed by atoms with E-state index in [9.17, 15) is 8.42 Å². The number of sulfonamides is 1. The summed E-state index contributed by atoms with van der Waals surface area (Å²) in [6, 6.07) is 7.97. The molecule has 0 spiro atoms. The summed E-state index contributed by atoms with van der Waals surface area (Å²) in [6.07, 6.45) is 2.17. The Hall–Kier alpha value is -1.35. The molecule has 2 fully saturated rings. The largest absolute Gasteiger partial charge is 0.379 e. The molecule has 7 nitrogen and oxygen atoms in total. The fourth-order valence-electron chi connectivity index (χ4n) is 3.33. The fourth-order valence-corrected chi connectivity index (χ4v) is 4.85. The van der Waals surface area contributed by atoms with E-state index >= 15 is 0 Å². The Morgan fingerprint density at radius 2 is 2.04 bits per heavy atom. The number of halogens is 1. The summed E-state index contributed by atoms with van der Waals surface area (Å²) in [5.74, 6) is 0.685. The number of morpholine rings is 1. The minimum atomic E-state index is -3.28. The predicted molar refractivity (Wildman–Crippen MR) is 113 cm³/mol. The maximum Gasteiger partial charge on any atom is 0.215 e. The zero-order valence-electron chi connectivity index (χ0n) is 16.3. The summed E-state index contributed by atoms with van der Waals surface area (Å²) >= 11 is 6.14. The van der Waals surface area contributed by atoms with Crippen molar-refractivity contribution < 1.29 is 13.2 Å². The highest BCUT2D eigenvalue weighted by molar-refractivity contribution is 7.89. The average molecular weight is 429 g/mol. The lowest BCUT2D eigenvalue weighted by Gasteiger charge is -2.26. The van der Waals surface area contributed by atoms with Crippen LogP contribution in [0.3, 0.4) is 0 Å². The van der Waals surface area contributed by atoms with Crippen LogP contribution in [-0.4, -0.2) is 70.4 Å². The van der Waals surface area contributed by atoms with Crippen molar-refractivity contribution in [2.45, 2.75) is 25.2 Å². The Morgan fingerprint density at radius 1 is 1.29 bits per heavy atom. The zero-order chi connectivity index (χ0) is 20.0. The molecule has 2 N–H and O–H groups in total. The molecule has 1 aliphatic carbocycles. The summed E-state index contributed by atoms with van der Waals surface area (Å²) < 4.78 is 31.6. The Labute approximate surface area is 172 Å². The highest BCUT2D eigenvalue weighted by atomic mass is 35.5. The predicted octanol–water partition coefficient (Wildman–Crippen LogP) is 1.59. The molecule has 0 amide bonds. The summed E-state index contributed by atoms with van der Waals surface area (Å²) in [4.78, 5) is 4.71. The minimum absolute atomic E-state index is 0.0385. The first-order valence-electron chi connectivity index (χ1n) is 9.79. The van der Waals surface area contributed by atoms with Crippen molar-refractivity contribution in [3.63, 3.8) is 0 Å². The van der Waals surface area contributed by atoms with E-state index in [2.05, 4.69) is 16.7 Å². The molecule has 1 aromatic rings. The van der Waals surface area contributed by atoms with Gasteiger partial charge in [-0.05, 0) is 37.5 Å². The average Bonchev–Trinajstić information content (AvgIpc) is 3.48. The summed E-state index contributed by atoms with van der Waals surface area (Å²) in [5, 5.41) is 7.09. The number of benzene rings is 1. The van der Waals surface area contributed by atoms with Crippen molar-refractivity contribution in [2.24, 2.45) is 4.99 Å². The summed E-state index contributed by atoms with van der Waals surface area (Å²) in [6.45, 7) is 5.45. The maximum atomic E-state index is 12.4. The van der Waals surface area contributed by atoms with E-state index in [0.717, 1.165) is 17.9 Å². The van der Waals surface area contributed by atoms with Crippen LogP contribution in [0.1, 0.15) is 25.3 Å². The van der Waals surface area contributed by atoms with Crippen molar-refractivity contribution in [3.8, 4) is 0 Å². The van der Waals surface area contributed by atoms with E-state index in [1.54, 1.807) is 0 Å². The molecular weight excluding hydrogens is 400 g/mol. The van der Waals surface area contributed by atoms with Gasteiger partial charge >= 0.3 is 0 Å². The fraction of sp³-hybridized carbons (Fsp3) is 0.632. The van der Waals surface area contributed by atoms with Crippen LogP contribution in [0.4, 0.5) is 0 Å². The van der Waals surface area contributed by atoms with E-state index in [-0.39, 0.29) is 11.2 Å². The van der Waals surface area contributed by atoms with Crippen LogP contribution in [0.5, 0.6) is 0 Å². The number of guanidine groups is 1. The lowest BCUT2D eigenvalue weighted by atomic mass is 9.96. The molecule has 0 aromatic heterocycles. The van der Waals surface area contributed by atoms with Gasteiger partial charge in [0.1, 0.15) is 0 Å². The smallest absolute Gasteiger partial charge is 0.215 e. The second kappa shape index (κ2) is 9.43. The van der Waals surface area contributed by atoms with Crippen LogP contribution in [0, 0.1) is 0 Å². The van der Waals surface area contributed by atoms with Crippen LogP contribution < -0.4 is 10.6 Å². The number of ether oxygens (including phenoxy) is 1. The number of nitrogens with zero attached hydrogens (tertiary/aromatic N) is 2. The van der Waals surface area contributed by atoms with Gasteiger partial charge in [0.05, 0.1) is 25.5 Å². The van der Waals surface area contributed by atoms with Gasteiger partial charge in [-0.1, -0.05) is 23.7 Å². The molecule has 1 saturated heterocycles. The van der Waals surface area contributed by atoms with E-state index in [0.29, 0.717) is 51.9 Å². The lowest BCUT2D eigenvalue weighted by molar-refractivity contribution is 0.0730. The van der Waals surface area contributed by atoms with Crippen molar-refractivity contribution in [2.75, 3.05) is 51.7 Å². The Kier molecular flexibility index (Phi) is 7.20. The normalized spacial score (nSPS) is 20.0. The third-order valence-electron chi connectivity index (χ3n) is 5.19. The van der Waals surface area contributed by atoms with Crippen molar-refractivity contribution >= 4 is 27.6 Å². The zero-order valence-corrected chi connectivity index (χ0v) is 17.9. The monoisotopic (exact) mass is 428 g/mol. The molecule has 28 heavy (non-hydrogen) atoms. The standard InChI is InChI=1S/C19H29ClN4O3S/c1-2-21-18(22-8-13-28(25,26)24-9-11-27-12-10-24)23-15-19(6-7-19)16-4-3-5-17(20)14-16/h3-5,14H,2,6-13,15H2,1H3,(H2,21,22,23). The Bertz CT molecular complexity index is 790. The molecule has 1 heterocycles. The third-order valence-corrected chi connectivity index (χ3v) is 7.30. The number of hydrogen-bond acceptors (Lipinski definition) is 4. The van der Waals surface area contributed by atoms with Crippen LogP contribution in [0.15, 0.2) is 29.3 Å². The van der Waals surface area contributed by atoms with Gasteiger partial charge < -0.3 is 15.4 Å². The topological polar surface area (TPSA) is 83.0 Å². The number of aliphatic imine (C=N–C) groups is 1. The van der Waals surface area contributed by atoms with Crippen molar-refractivity contribution in [1.29, 1.82) is 0 Å². The van der Waals surface area contributed by atoms with Gasteiger partial charge in [0, 0.05) is 36.6 Å². The lowest BCUT2D eigenvalue weighted by Crippen LogP contribution is -2.45. The number of hydrogen-bond donors (Lipinski definition) is 2. The molecular formula is C19H29ClN4O3S.